The lowest BCUT2D eigenvalue weighted by Crippen LogP contribution is -2.41. The average molecular weight is 457 g/mol. The first-order valence-corrected chi connectivity index (χ1v) is 12.2. The van der Waals surface area contributed by atoms with Crippen LogP contribution in [0.15, 0.2) is 53.3 Å². The van der Waals surface area contributed by atoms with Crippen molar-refractivity contribution in [2.45, 2.75) is 52.6 Å². The van der Waals surface area contributed by atoms with Crippen molar-refractivity contribution in [2.75, 3.05) is 13.1 Å². The van der Waals surface area contributed by atoms with Crippen molar-refractivity contribution in [1.29, 1.82) is 0 Å². The zero-order chi connectivity index (χ0) is 23.7. The molecule has 0 amide bonds. The number of nitrogens with zero attached hydrogens (tertiary/aromatic N) is 5. The Hall–Kier alpha value is -3.32. The number of fused-ring (bicyclic) bond motifs is 1. The molecular formula is C27H32N6O. The first kappa shape index (κ1) is 22.5. The summed E-state index contributed by atoms with van der Waals surface area (Å²) in [7, 11) is 0. The molecule has 1 N–H and O–H groups in total. The summed E-state index contributed by atoms with van der Waals surface area (Å²) in [5.41, 5.74) is 5.05. The molecule has 7 nitrogen and oxygen atoms in total. The second kappa shape index (κ2) is 9.50. The summed E-state index contributed by atoms with van der Waals surface area (Å²) in [5.74, 6) is 1.30. The molecule has 2 unspecified atom stereocenters. The minimum Gasteiger partial charge on any atom is -0.322 e. The van der Waals surface area contributed by atoms with Crippen LogP contribution in [0.25, 0.3) is 10.9 Å². The molecule has 0 radical (unpaired) electrons. The van der Waals surface area contributed by atoms with E-state index in [9.17, 15) is 4.79 Å². The normalized spacial score (nSPS) is 17.8. The van der Waals surface area contributed by atoms with Gasteiger partial charge in [-0.15, -0.1) is 5.10 Å². The maximum atomic E-state index is 13.4. The van der Waals surface area contributed by atoms with Crippen LogP contribution >= 0.6 is 0 Å². The first-order chi connectivity index (χ1) is 16.5. The molecule has 5 rings (SSSR count). The maximum Gasteiger partial charge on any atom is 0.253 e. The fourth-order valence-electron chi connectivity index (χ4n) is 5.30. The second-order valence-corrected chi connectivity index (χ2v) is 9.74. The summed E-state index contributed by atoms with van der Waals surface area (Å²) in [4.78, 5) is 19.0. The molecule has 1 aliphatic rings. The number of pyridine rings is 1. The molecule has 1 saturated heterocycles. The molecule has 4 aromatic rings. The second-order valence-electron chi connectivity index (χ2n) is 9.74. The van der Waals surface area contributed by atoms with Crippen LogP contribution in [0.5, 0.6) is 0 Å². The summed E-state index contributed by atoms with van der Waals surface area (Å²) in [5, 5.41) is 13.9. The number of hydrogen-bond donors (Lipinski definition) is 1. The molecule has 1 fully saturated rings. The van der Waals surface area contributed by atoms with Gasteiger partial charge >= 0.3 is 0 Å². The van der Waals surface area contributed by atoms with Gasteiger partial charge in [0.25, 0.3) is 5.56 Å². The summed E-state index contributed by atoms with van der Waals surface area (Å²) in [6, 6.07) is 16.3. The van der Waals surface area contributed by atoms with Gasteiger partial charge in [0.15, 0.2) is 5.82 Å². The van der Waals surface area contributed by atoms with Gasteiger partial charge in [-0.05, 0) is 84.8 Å². The van der Waals surface area contributed by atoms with E-state index in [2.05, 4.69) is 70.4 Å². The van der Waals surface area contributed by atoms with Gasteiger partial charge in [-0.1, -0.05) is 43.3 Å². The number of aromatic nitrogens is 5. The first-order valence-electron chi connectivity index (χ1n) is 12.2. The molecule has 1 aliphatic heterocycles. The van der Waals surface area contributed by atoms with Crippen molar-refractivity contribution in [2.24, 2.45) is 5.92 Å². The van der Waals surface area contributed by atoms with Gasteiger partial charge in [0.2, 0.25) is 0 Å². The lowest BCUT2D eigenvalue weighted by Gasteiger charge is -2.36. The third-order valence-corrected chi connectivity index (χ3v) is 6.95. The van der Waals surface area contributed by atoms with E-state index in [0.717, 1.165) is 53.8 Å². The van der Waals surface area contributed by atoms with Crippen molar-refractivity contribution >= 4 is 10.9 Å². The molecule has 0 saturated carbocycles. The van der Waals surface area contributed by atoms with Gasteiger partial charge in [0.05, 0.1) is 0 Å². The number of nitrogens with one attached hydrogen (secondary N) is 1. The Morgan fingerprint density at radius 3 is 2.76 bits per heavy atom. The van der Waals surface area contributed by atoms with Gasteiger partial charge in [-0.25, -0.2) is 4.68 Å². The zero-order valence-electron chi connectivity index (χ0n) is 20.2. The highest BCUT2D eigenvalue weighted by Crippen LogP contribution is 2.31. The predicted molar refractivity (Wildman–Crippen MR) is 134 cm³/mol. The Morgan fingerprint density at radius 1 is 1.15 bits per heavy atom. The van der Waals surface area contributed by atoms with Crippen LogP contribution in [0.1, 0.15) is 53.9 Å². The lowest BCUT2D eigenvalue weighted by molar-refractivity contribution is 0.141. The maximum absolute atomic E-state index is 13.4. The molecule has 176 valence electrons. The Bertz CT molecular complexity index is 1340. The van der Waals surface area contributed by atoms with Gasteiger partial charge in [0, 0.05) is 29.6 Å². The lowest BCUT2D eigenvalue weighted by atomic mass is 9.95. The van der Waals surface area contributed by atoms with Crippen molar-refractivity contribution < 1.29 is 0 Å². The number of tetrazole rings is 1. The monoisotopic (exact) mass is 456 g/mol. The van der Waals surface area contributed by atoms with Gasteiger partial charge in [-0.3, -0.25) is 9.69 Å². The zero-order valence-corrected chi connectivity index (χ0v) is 20.2. The predicted octanol–water partition coefficient (Wildman–Crippen LogP) is 4.20. The van der Waals surface area contributed by atoms with Gasteiger partial charge < -0.3 is 4.98 Å². The van der Waals surface area contributed by atoms with Crippen molar-refractivity contribution in [3.8, 4) is 0 Å². The van der Waals surface area contributed by atoms with Crippen LogP contribution in [0.3, 0.4) is 0 Å². The van der Waals surface area contributed by atoms with Crippen molar-refractivity contribution in [1.82, 2.24) is 30.1 Å². The minimum absolute atomic E-state index is 0.0710. The molecule has 0 aliphatic carbocycles. The molecule has 34 heavy (non-hydrogen) atoms. The van der Waals surface area contributed by atoms with Crippen molar-refractivity contribution in [3.05, 3.63) is 87.0 Å². The number of likely N-dealkylation sites (tertiary alicyclic amines) is 1. The summed E-state index contributed by atoms with van der Waals surface area (Å²) < 4.78 is 1.88. The van der Waals surface area contributed by atoms with E-state index in [4.69, 9.17) is 0 Å². The van der Waals surface area contributed by atoms with Crippen molar-refractivity contribution in [3.63, 3.8) is 0 Å². The molecule has 3 heterocycles. The van der Waals surface area contributed by atoms with Crippen LogP contribution in [0, 0.1) is 19.8 Å². The van der Waals surface area contributed by atoms with Gasteiger partial charge in [0.1, 0.15) is 6.04 Å². The number of benzene rings is 2. The van der Waals surface area contributed by atoms with Crippen LogP contribution in [-0.2, 0) is 13.0 Å². The molecule has 0 bridgehead atoms. The van der Waals surface area contributed by atoms with E-state index in [1.165, 1.54) is 12.0 Å². The molecule has 2 atom stereocenters. The van der Waals surface area contributed by atoms with E-state index in [-0.39, 0.29) is 11.6 Å². The molecule has 7 heteroatoms. The Labute approximate surface area is 199 Å². The highest BCUT2D eigenvalue weighted by atomic mass is 16.1. The molecule has 0 spiro atoms. The standard InChI is InChI=1S/C27H32N6O/c1-18-8-7-12-32(17-18)25(23-16-22-20(3)14-19(2)15-24(22)28-27(23)34)26-29-30-31-33(26)13-11-21-9-5-4-6-10-21/h4-6,9-10,14-16,18,25H,7-8,11-13,17H2,1-3H3,(H,28,34). The highest BCUT2D eigenvalue weighted by Gasteiger charge is 2.32. The van der Waals surface area contributed by atoms with E-state index in [1.807, 2.05) is 28.9 Å². The minimum atomic E-state index is -0.289. The third-order valence-electron chi connectivity index (χ3n) is 6.95. The molecular weight excluding hydrogens is 424 g/mol. The Morgan fingerprint density at radius 2 is 1.97 bits per heavy atom. The van der Waals surface area contributed by atoms with E-state index in [1.54, 1.807) is 0 Å². The number of H-pyrrole nitrogens is 1. The Kier molecular flexibility index (Phi) is 6.28. The fraction of sp³-hybridized carbons (Fsp3) is 0.407. The summed E-state index contributed by atoms with van der Waals surface area (Å²) in [6.45, 7) is 8.93. The molecule has 2 aromatic carbocycles. The largest absolute Gasteiger partial charge is 0.322 e. The van der Waals surface area contributed by atoms with Crippen LogP contribution in [0.2, 0.25) is 0 Å². The van der Waals surface area contributed by atoms with Crippen LogP contribution in [-0.4, -0.2) is 43.2 Å². The van der Waals surface area contributed by atoms with Crippen LogP contribution < -0.4 is 5.56 Å². The average Bonchev–Trinajstić information content (AvgIpc) is 3.27. The number of piperidine rings is 1. The summed E-state index contributed by atoms with van der Waals surface area (Å²) in [6.07, 6.45) is 3.13. The SMILES string of the molecule is Cc1cc(C)c2cc(C(c3nnnn3CCc3ccccc3)N3CCCC(C)C3)c(=O)[nH]c2c1. The van der Waals surface area contributed by atoms with E-state index < -0.39 is 0 Å². The number of aromatic amines is 1. The fourth-order valence-corrected chi connectivity index (χ4v) is 5.30. The quantitative estimate of drug-likeness (QED) is 0.470. The topological polar surface area (TPSA) is 79.7 Å². The summed E-state index contributed by atoms with van der Waals surface area (Å²) >= 11 is 0. The van der Waals surface area contributed by atoms with Crippen LogP contribution in [0.4, 0.5) is 0 Å². The third kappa shape index (κ3) is 4.53. The van der Waals surface area contributed by atoms with Gasteiger partial charge in [-0.2, -0.15) is 0 Å². The smallest absolute Gasteiger partial charge is 0.253 e. The van der Waals surface area contributed by atoms with E-state index >= 15 is 0 Å². The number of rotatable bonds is 6. The van der Waals surface area contributed by atoms with E-state index in [0.29, 0.717) is 18.0 Å². The number of aryl methyl sites for hydroxylation is 4. The number of hydrogen-bond acceptors (Lipinski definition) is 5. The highest BCUT2D eigenvalue weighted by molar-refractivity contribution is 5.83. The molecule has 2 aromatic heterocycles. The Balaban J connectivity index is 1.59.